The van der Waals surface area contributed by atoms with E-state index in [9.17, 15) is 4.79 Å². The lowest BCUT2D eigenvalue weighted by Crippen LogP contribution is -2.43. The van der Waals surface area contributed by atoms with Crippen molar-refractivity contribution in [1.82, 2.24) is 5.32 Å². The molecule has 0 spiro atoms. The number of carbonyl (C=O) groups is 1. The van der Waals surface area contributed by atoms with Crippen molar-refractivity contribution in [3.8, 4) is 11.5 Å². The molecule has 1 N–H and O–H groups in total. The number of nitrogens with one attached hydrogen (secondary N) is 1. The number of hydrogen-bond acceptors (Lipinski definition) is 3. The van der Waals surface area contributed by atoms with Crippen molar-refractivity contribution in [3.05, 3.63) is 59.7 Å². The van der Waals surface area contributed by atoms with Gasteiger partial charge in [-0.3, -0.25) is 4.79 Å². The summed E-state index contributed by atoms with van der Waals surface area (Å²) in [5.74, 6) is 1.37. The van der Waals surface area contributed by atoms with Crippen LogP contribution in [0.5, 0.6) is 11.5 Å². The summed E-state index contributed by atoms with van der Waals surface area (Å²) in [7, 11) is 0. The van der Waals surface area contributed by atoms with E-state index in [1.807, 2.05) is 62.4 Å². The number of benzene rings is 2. The zero-order valence-electron chi connectivity index (χ0n) is 17.2. The molecule has 0 aromatic heterocycles. The van der Waals surface area contributed by atoms with Crippen molar-refractivity contribution >= 4 is 5.91 Å². The lowest BCUT2D eigenvalue weighted by molar-refractivity contribution is -0.128. The Morgan fingerprint density at radius 2 is 1.67 bits per heavy atom. The van der Waals surface area contributed by atoms with Crippen molar-refractivity contribution in [2.75, 3.05) is 6.61 Å². The third kappa shape index (κ3) is 6.31. The summed E-state index contributed by atoms with van der Waals surface area (Å²) in [6, 6.07) is 15.6. The summed E-state index contributed by atoms with van der Waals surface area (Å²) in [5.41, 5.74) is 2.40. The third-order valence-electron chi connectivity index (χ3n) is 4.37. The molecule has 2 aromatic carbocycles. The van der Waals surface area contributed by atoms with Crippen LogP contribution in [0.25, 0.3) is 0 Å². The fraction of sp³-hybridized carbons (Fsp3) is 0.435. The molecule has 1 amide bonds. The van der Waals surface area contributed by atoms with Gasteiger partial charge >= 0.3 is 0 Å². The van der Waals surface area contributed by atoms with E-state index in [1.54, 1.807) is 6.92 Å². The smallest absolute Gasteiger partial charge is 0.261 e. The standard InChI is InChI=1S/C23H31NO3/c1-16-9-7-8-10-21(16)26-15-17(2)24-22(25)18(3)27-20-13-11-19(12-14-20)23(4,5)6/h7-14,17-18H,15H2,1-6H3,(H,24,25)/t17-,18-/m0/s1. The molecule has 0 aliphatic carbocycles. The van der Waals surface area contributed by atoms with Gasteiger partial charge in [0.1, 0.15) is 18.1 Å². The number of carbonyl (C=O) groups excluding carboxylic acids is 1. The van der Waals surface area contributed by atoms with Gasteiger partial charge in [-0.25, -0.2) is 0 Å². The Bertz CT molecular complexity index is 747. The van der Waals surface area contributed by atoms with E-state index in [2.05, 4.69) is 26.1 Å². The van der Waals surface area contributed by atoms with E-state index in [0.717, 1.165) is 11.3 Å². The van der Waals surface area contributed by atoms with Gasteiger partial charge in [0.2, 0.25) is 0 Å². The Labute approximate surface area is 162 Å². The molecule has 0 radical (unpaired) electrons. The van der Waals surface area contributed by atoms with Crippen LogP contribution >= 0.6 is 0 Å². The summed E-state index contributed by atoms with van der Waals surface area (Å²) in [5, 5.41) is 2.94. The molecule has 0 aliphatic heterocycles. The van der Waals surface area contributed by atoms with Gasteiger partial charge < -0.3 is 14.8 Å². The van der Waals surface area contributed by atoms with Gasteiger partial charge in [0.05, 0.1) is 6.04 Å². The van der Waals surface area contributed by atoms with Gasteiger partial charge in [-0.1, -0.05) is 51.1 Å². The first kappa shape index (κ1) is 20.8. The molecule has 146 valence electrons. The second kappa shape index (κ2) is 8.94. The quantitative estimate of drug-likeness (QED) is 0.773. The average Bonchev–Trinajstić information content (AvgIpc) is 2.60. The topological polar surface area (TPSA) is 47.6 Å². The predicted molar refractivity (Wildman–Crippen MR) is 110 cm³/mol. The van der Waals surface area contributed by atoms with Crippen molar-refractivity contribution < 1.29 is 14.3 Å². The first-order valence-corrected chi connectivity index (χ1v) is 9.43. The van der Waals surface area contributed by atoms with E-state index in [-0.39, 0.29) is 17.4 Å². The van der Waals surface area contributed by atoms with Gasteiger partial charge in [0.25, 0.3) is 5.91 Å². The van der Waals surface area contributed by atoms with Crippen LogP contribution in [-0.4, -0.2) is 24.7 Å². The fourth-order valence-electron chi connectivity index (χ4n) is 2.63. The van der Waals surface area contributed by atoms with Crippen LogP contribution in [0.2, 0.25) is 0 Å². The van der Waals surface area contributed by atoms with Crippen LogP contribution in [0.3, 0.4) is 0 Å². The Hall–Kier alpha value is -2.49. The molecular formula is C23H31NO3. The molecule has 4 nitrogen and oxygen atoms in total. The zero-order chi connectivity index (χ0) is 20.0. The summed E-state index contributed by atoms with van der Waals surface area (Å²) < 4.78 is 11.6. The van der Waals surface area contributed by atoms with Gasteiger partial charge in [-0.2, -0.15) is 0 Å². The highest BCUT2D eigenvalue weighted by Crippen LogP contribution is 2.24. The van der Waals surface area contributed by atoms with Crippen LogP contribution in [0, 0.1) is 6.92 Å². The summed E-state index contributed by atoms with van der Waals surface area (Å²) in [4.78, 5) is 12.4. The Morgan fingerprint density at radius 3 is 2.26 bits per heavy atom. The molecule has 2 atom stereocenters. The normalized spacial score (nSPS) is 13.6. The lowest BCUT2D eigenvalue weighted by Gasteiger charge is -2.21. The number of amides is 1. The number of para-hydroxylation sites is 1. The van der Waals surface area contributed by atoms with E-state index in [4.69, 9.17) is 9.47 Å². The first-order valence-electron chi connectivity index (χ1n) is 9.43. The molecule has 2 aromatic rings. The van der Waals surface area contributed by atoms with E-state index in [1.165, 1.54) is 5.56 Å². The Kier molecular flexibility index (Phi) is 6.89. The number of hydrogen-bond donors (Lipinski definition) is 1. The molecule has 4 heteroatoms. The SMILES string of the molecule is Cc1ccccc1OC[C@H](C)NC(=O)[C@H](C)Oc1ccc(C(C)(C)C)cc1. The second-order valence-corrected chi connectivity index (χ2v) is 8.02. The number of rotatable bonds is 7. The summed E-state index contributed by atoms with van der Waals surface area (Å²) in [6.45, 7) is 12.6. The minimum atomic E-state index is -0.577. The summed E-state index contributed by atoms with van der Waals surface area (Å²) in [6.07, 6.45) is -0.577. The van der Waals surface area contributed by atoms with Crippen molar-refractivity contribution in [1.29, 1.82) is 0 Å². The maximum Gasteiger partial charge on any atom is 0.261 e. The van der Waals surface area contributed by atoms with Gasteiger partial charge in [0.15, 0.2) is 6.10 Å². The van der Waals surface area contributed by atoms with Crippen LogP contribution < -0.4 is 14.8 Å². The lowest BCUT2D eigenvalue weighted by atomic mass is 9.87. The Morgan fingerprint density at radius 1 is 1.04 bits per heavy atom. The minimum Gasteiger partial charge on any atom is -0.491 e. The van der Waals surface area contributed by atoms with Gasteiger partial charge in [-0.15, -0.1) is 0 Å². The molecule has 0 heterocycles. The second-order valence-electron chi connectivity index (χ2n) is 8.02. The van der Waals surface area contributed by atoms with Crippen LogP contribution in [-0.2, 0) is 10.2 Å². The number of aryl methyl sites for hydroxylation is 1. The minimum absolute atomic E-state index is 0.0913. The highest BCUT2D eigenvalue weighted by molar-refractivity contribution is 5.81. The fourth-order valence-corrected chi connectivity index (χ4v) is 2.63. The van der Waals surface area contributed by atoms with Crippen LogP contribution in [0.15, 0.2) is 48.5 Å². The Balaban J connectivity index is 1.83. The van der Waals surface area contributed by atoms with E-state index >= 15 is 0 Å². The highest BCUT2D eigenvalue weighted by Gasteiger charge is 2.18. The number of ether oxygens (including phenoxy) is 2. The largest absolute Gasteiger partial charge is 0.491 e. The highest BCUT2D eigenvalue weighted by atomic mass is 16.5. The average molecular weight is 370 g/mol. The first-order chi connectivity index (χ1) is 12.7. The van der Waals surface area contributed by atoms with Crippen molar-refractivity contribution in [3.63, 3.8) is 0 Å². The maximum atomic E-state index is 12.4. The van der Waals surface area contributed by atoms with Crippen LogP contribution in [0.1, 0.15) is 45.7 Å². The molecule has 0 saturated carbocycles. The molecule has 2 rings (SSSR count). The molecule has 0 saturated heterocycles. The molecule has 0 unspecified atom stereocenters. The molecule has 0 bridgehead atoms. The van der Waals surface area contributed by atoms with E-state index in [0.29, 0.717) is 12.4 Å². The third-order valence-corrected chi connectivity index (χ3v) is 4.37. The van der Waals surface area contributed by atoms with Gasteiger partial charge in [0, 0.05) is 0 Å². The van der Waals surface area contributed by atoms with Crippen molar-refractivity contribution in [2.45, 2.75) is 59.1 Å². The molecule has 27 heavy (non-hydrogen) atoms. The van der Waals surface area contributed by atoms with Crippen molar-refractivity contribution in [2.24, 2.45) is 0 Å². The van der Waals surface area contributed by atoms with Gasteiger partial charge in [-0.05, 0) is 55.5 Å². The zero-order valence-corrected chi connectivity index (χ0v) is 17.2. The molecule has 0 fully saturated rings. The molecule has 0 aliphatic rings. The summed E-state index contributed by atoms with van der Waals surface area (Å²) >= 11 is 0. The molecular weight excluding hydrogens is 338 g/mol. The van der Waals surface area contributed by atoms with Crippen LogP contribution in [0.4, 0.5) is 0 Å². The van der Waals surface area contributed by atoms with E-state index < -0.39 is 6.10 Å². The monoisotopic (exact) mass is 369 g/mol. The maximum absolute atomic E-state index is 12.4. The predicted octanol–water partition coefficient (Wildman–Crippen LogP) is 4.64.